The maximum Gasteiger partial charge on any atom is 0.161 e. The Hall–Kier alpha value is -5.04. The molecule has 3 N–H and O–H groups in total. The molecule has 0 saturated heterocycles. The molecule has 7 heteroatoms. The van der Waals surface area contributed by atoms with E-state index in [9.17, 15) is 0 Å². The van der Waals surface area contributed by atoms with Crippen molar-refractivity contribution in [3.63, 3.8) is 0 Å². The number of benzene rings is 3. The highest BCUT2D eigenvalue weighted by Gasteiger charge is 2.12. The lowest BCUT2D eigenvalue weighted by molar-refractivity contribution is 0.487. The van der Waals surface area contributed by atoms with Gasteiger partial charge in [-0.25, -0.2) is 0 Å². The molecule has 0 fully saturated rings. The van der Waals surface area contributed by atoms with E-state index < -0.39 is 0 Å². The van der Waals surface area contributed by atoms with Crippen molar-refractivity contribution in [1.82, 2.24) is 20.2 Å². The summed E-state index contributed by atoms with van der Waals surface area (Å²) in [5.74, 6) is 2.03. The average molecular weight is 471 g/mol. The maximum absolute atomic E-state index is 6.14. The zero-order chi connectivity index (χ0) is 24.5. The van der Waals surface area contributed by atoms with Gasteiger partial charge in [0.05, 0.1) is 5.52 Å². The third kappa shape index (κ3) is 4.03. The molecule has 7 nitrogen and oxygen atoms in total. The average Bonchev–Trinajstić information content (AvgIpc) is 2.92. The lowest BCUT2D eigenvalue weighted by atomic mass is 10.0. The van der Waals surface area contributed by atoms with Gasteiger partial charge in [-0.2, -0.15) is 0 Å². The number of fused-ring (bicyclic) bond motifs is 2. The van der Waals surface area contributed by atoms with Crippen LogP contribution in [0.4, 0.5) is 17.2 Å². The standard InChI is InChI=1S/C29H22N6O/c1-18-8-9-19(17-24(18)30)27-22-5-2-3-6-23(22)29(35-34-27)33-20-10-12-21(13-11-20)36-26-14-16-31-25-7-4-15-32-28(25)26/h2-17H,30H2,1H3,(H,33,35). The lowest BCUT2D eigenvalue weighted by Gasteiger charge is -2.13. The minimum absolute atomic E-state index is 0.658. The van der Waals surface area contributed by atoms with Gasteiger partial charge in [0, 0.05) is 46.2 Å². The van der Waals surface area contributed by atoms with E-state index in [0.29, 0.717) is 17.3 Å². The van der Waals surface area contributed by atoms with Gasteiger partial charge >= 0.3 is 0 Å². The summed E-state index contributed by atoms with van der Waals surface area (Å²) >= 11 is 0. The van der Waals surface area contributed by atoms with Crippen molar-refractivity contribution >= 4 is 39.0 Å². The number of rotatable bonds is 5. The second kappa shape index (κ2) is 8.96. The zero-order valence-corrected chi connectivity index (χ0v) is 19.5. The highest BCUT2D eigenvalue weighted by Crippen LogP contribution is 2.33. The molecule has 0 spiro atoms. The summed E-state index contributed by atoms with van der Waals surface area (Å²) in [4.78, 5) is 8.73. The van der Waals surface area contributed by atoms with Crippen LogP contribution in [0.5, 0.6) is 11.5 Å². The molecule has 3 aromatic carbocycles. The van der Waals surface area contributed by atoms with E-state index in [1.807, 2.05) is 91.9 Å². The number of nitrogens with two attached hydrogens (primary N) is 1. The summed E-state index contributed by atoms with van der Waals surface area (Å²) in [7, 11) is 0. The van der Waals surface area contributed by atoms with Crippen LogP contribution >= 0.6 is 0 Å². The van der Waals surface area contributed by atoms with Crippen molar-refractivity contribution in [2.45, 2.75) is 6.92 Å². The van der Waals surface area contributed by atoms with E-state index in [1.165, 1.54) is 0 Å². The fourth-order valence-corrected chi connectivity index (χ4v) is 4.10. The molecule has 36 heavy (non-hydrogen) atoms. The van der Waals surface area contributed by atoms with Gasteiger partial charge in [-0.1, -0.05) is 36.4 Å². The van der Waals surface area contributed by atoms with Gasteiger partial charge in [-0.05, 0) is 55.0 Å². The largest absolute Gasteiger partial charge is 0.455 e. The van der Waals surface area contributed by atoms with Crippen LogP contribution in [0, 0.1) is 6.92 Å². The monoisotopic (exact) mass is 470 g/mol. The SMILES string of the molecule is Cc1ccc(-c2nnc(Nc3ccc(Oc4ccnc5cccnc45)cc3)c3ccccc23)cc1N. The summed E-state index contributed by atoms with van der Waals surface area (Å²) in [6, 6.07) is 27.3. The van der Waals surface area contributed by atoms with Crippen LogP contribution in [0.3, 0.4) is 0 Å². The van der Waals surface area contributed by atoms with E-state index in [-0.39, 0.29) is 0 Å². The molecule has 3 heterocycles. The number of aryl methyl sites for hydroxylation is 1. The molecule has 6 aromatic rings. The molecule has 0 unspecified atom stereocenters. The number of anilines is 3. The Bertz CT molecular complexity index is 1710. The fraction of sp³-hybridized carbons (Fsp3) is 0.0345. The van der Waals surface area contributed by atoms with E-state index in [4.69, 9.17) is 10.5 Å². The first-order chi connectivity index (χ1) is 17.7. The first-order valence-electron chi connectivity index (χ1n) is 11.5. The van der Waals surface area contributed by atoms with Crippen LogP contribution in [0.1, 0.15) is 5.56 Å². The van der Waals surface area contributed by atoms with Gasteiger partial charge in [-0.3, -0.25) is 9.97 Å². The highest BCUT2D eigenvalue weighted by molar-refractivity contribution is 6.01. The summed E-state index contributed by atoms with van der Waals surface area (Å²) < 4.78 is 6.08. The Morgan fingerprint density at radius 2 is 1.61 bits per heavy atom. The van der Waals surface area contributed by atoms with Crippen LogP contribution in [-0.2, 0) is 0 Å². The second-order valence-electron chi connectivity index (χ2n) is 8.45. The number of aromatic nitrogens is 4. The summed E-state index contributed by atoms with van der Waals surface area (Å²) in [6.07, 6.45) is 3.45. The Labute approximate surface area is 207 Å². The third-order valence-corrected chi connectivity index (χ3v) is 6.04. The molecule has 0 saturated carbocycles. The van der Waals surface area contributed by atoms with Gasteiger partial charge < -0.3 is 15.8 Å². The number of hydrogen-bond donors (Lipinski definition) is 2. The van der Waals surface area contributed by atoms with Gasteiger partial charge in [0.25, 0.3) is 0 Å². The summed E-state index contributed by atoms with van der Waals surface area (Å²) in [6.45, 7) is 1.99. The summed E-state index contributed by atoms with van der Waals surface area (Å²) in [5, 5.41) is 14.4. The summed E-state index contributed by atoms with van der Waals surface area (Å²) in [5.41, 5.74) is 12.0. The topological polar surface area (TPSA) is 98.8 Å². The molecule has 0 aliphatic carbocycles. The minimum Gasteiger partial charge on any atom is -0.455 e. The van der Waals surface area contributed by atoms with E-state index in [2.05, 4.69) is 25.5 Å². The Balaban J connectivity index is 1.28. The predicted molar refractivity (Wildman–Crippen MR) is 143 cm³/mol. The van der Waals surface area contributed by atoms with Crippen LogP contribution in [0.15, 0.2) is 97.3 Å². The molecule has 6 rings (SSSR count). The molecule has 0 aliphatic rings. The molecule has 174 valence electrons. The molecule has 3 aromatic heterocycles. The van der Waals surface area contributed by atoms with Crippen LogP contribution < -0.4 is 15.8 Å². The van der Waals surface area contributed by atoms with E-state index >= 15 is 0 Å². The fourth-order valence-electron chi connectivity index (χ4n) is 4.10. The number of ether oxygens (including phenoxy) is 1. The molecular weight excluding hydrogens is 448 g/mol. The molecule has 0 bridgehead atoms. The number of nitrogen functional groups attached to an aromatic ring is 1. The minimum atomic E-state index is 0.658. The van der Waals surface area contributed by atoms with Gasteiger partial charge in [0.1, 0.15) is 17.0 Å². The van der Waals surface area contributed by atoms with Crippen LogP contribution in [-0.4, -0.2) is 20.2 Å². The van der Waals surface area contributed by atoms with Crippen LogP contribution in [0.25, 0.3) is 33.1 Å². The van der Waals surface area contributed by atoms with E-state index in [0.717, 1.165) is 50.0 Å². The van der Waals surface area contributed by atoms with Gasteiger partial charge in [0.15, 0.2) is 11.6 Å². The normalized spacial score (nSPS) is 11.0. The van der Waals surface area contributed by atoms with E-state index in [1.54, 1.807) is 12.4 Å². The molecule has 0 radical (unpaired) electrons. The smallest absolute Gasteiger partial charge is 0.161 e. The molecule has 0 amide bonds. The zero-order valence-electron chi connectivity index (χ0n) is 19.5. The molecular formula is C29H22N6O. The predicted octanol–water partition coefficient (Wildman–Crippen LogP) is 6.67. The number of nitrogens with zero attached hydrogens (tertiary/aromatic N) is 4. The van der Waals surface area contributed by atoms with Gasteiger partial charge in [0.2, 0.25) is 0 Å². The maximum atomic E-state index is 6.14. The second-order valence-corrected chi connectivity index (χ2v) is 8.45. The van der Waals surface area contributed by atoms with Crippen molar-refractivity contribution in [3.05, 3.63) is 103 Å². The Kier molecular flexibility index (Phi) is 5.35. The number of nitrogens with one attached hydrogen (secondary N) is 1. The van der Waals surface area contributed by atoms with Crippen molar-refractivity contribution < 1.29 is 4.74 Å². The quantitative estimate of drug-likeness (QED) is 0.272. The van der Waals surface area contributed by atoms with Crippen LogP contribution in [0.2, 0.25) is 0 Å². The van der Waals surface area contributed by atoms with Crippen molar-refractivity contribution in [3.8, 4) is 22.8 Å². The third-order valence-electron chi connectivity index (χ3n) is 6.04. The number of pyridine rings is 2. The Morgan fingerprint density at radius 3 is 2.44 bits per heavy atom. The van der Waals surface area contributed by atoms with Gasteiger partial charge in [-0.15, -0.1) is 10.2 Å². The Morgan fingerprint density at radius 1 is 0.778 bits per heavy atom. The van der Waals surface area contributed by atoms with Crippen molar-refractivity contribution in [2.24, 2.45) is 0 Å². The van der Waals surface area contributed by atoms with Crippen molar-refractivity contribution in [2.75, 3.05) is 11.1 Å². The lowest BCUT2D eigenvalue weighted by Crippen LogP contribution is -2.00. The first kappa shape index (κ1) is 21.5. The van der Waals surface area contributed by atoms with Crippen molar-refractivity contribution in [1.29, 1.82) is 0 Å². The first-order valence-corrected chi connectivity index (χ1v) is 11.5. The molecule has 0 aliphatic heterocycles. The molecule has 0 atom stereocenters. The highest BCUT2D eigenvalue weighted by atomic mass is 16.5. The number of hydrogen-bond acceptors (Lipinski definition) is 7.